The van der Waals surface area contributed by atoms with Crippen LogP contribution in [0.25, 0.3) is 0 Å². The number of alkyl halides is 3. The van der Waals surface area contributed by atoms with Gasteiger partial charge in [0.15, 0.2) is 0 Å². The van der Waals surface area contributed by atoms with Crippen LogP contribution in [-0.4, -0.2) is 50.9 Å². The van der Waals surface area contributed by atoms with Crippen LogP contribution >= 0.6 is 0 Å². The Labute approximate surface area is 136 Å². The zero-order chi connectivity index (χ0) is 17.5. The zero-order valence-corrected chi connectivity index (χ0v) is 12.9. The van der Waals surface area contributed by atoms with Crippen molar-refractivity contribution >= 4 is 11.9 Å². The van der Waals surface area contributed by atoms with E-state index in [0.29, 0.717) is 0 Å². The second-order valence-electron chi connectivity index (χ2n) is 6.40. The van der Waals surface area contributed by atoms with Gasteiger partial charge < -0.3 is 10.0 Å². The number of aliphatic carboxylic acids is 1. The highest BCUT2D eigenvalue weighted by molar-refractivity contribution is 5.93. The van der Waals surface area contributed by atoms with Crippen molar-refractivity contribution in [1.29, 1.82) is 0 Å². The molecule has 1 aliphatic heterocycles. The molecule has 2 aliphatic rings. The number of likely N-dealkylation sites (tertiary alicyclic amines) is 1. The summed E-state index contributed by atoms with van der Waals surface area (Å²) in [7, 11) is 0. The van der Waals surface area contributed by atoms with Crippen LogP contribution < -0.4 is 0 Å². The Morgan fingerprint density at radius 2 is 1.88 bits per heavy atom. The Hall–Kier alpha value is -2.06. The van der Waals surface area contributed by atoms with E-state index in [1.807, 2.05) is 0 Å². The van der Waals surface area contributed by atoms with Crippen LogP contribution in [0.15, 0.2) is 12.3 Å². The van der Waals surface area contributed by atoms with Crippen molar-refractivity contribution in [3.63, 3.8) is 0 Å². The minimum absolute atomic E-state index is 0.0789. The Morgan fingerprint density at radius 3 is 2.42 bits per heavy atom. The molecule has 0 spiro atoms. The third-order valence-electron chi connectivity index (χ3n) is 4.90. The highest BCUT2D eigenvalue weighted by Crippen LogP contribution is 2.38. The predicted molar refractivity (Wildman–Crippen MR) is 76.3 cm³/mol. The van der Waals surface area contributed by atoms with Crippen LogP contribution in [0, 0.1) is 11.8 Å². The molecule has 6 nitrogen and oxygen atoms in total. The van der Waals surface area contributed by atoms with E-state index in [-0.39, 0.29) is 11.7 Å². The van der Waals surface area contributed by atoms with Crippen LogP contribution in [0.5, 0.6) is 0 Å². The summed E-state index contributed by atoms with van der Waals surface area (Å²) in [5, 5.41) is 13.2. The minimum atomic E-state index is -4.65. The van der Waals surface area contributed by atoms with Gasteiger partial charge in [0, 0.05) is 19.3 Å². The van der Waals surface area contributed by atoms with Crippen LogP contribution in [0.2, 0.25) is 0 Å². The number of carboxylic acid groups (broad SMARTS) is 1. The number of rotatable bonds is 3. The summed E-state index contributed by atoms with van der Waals surface area (Å²) in [4.78, 5) is 24.8. The van der Waals surface area contributed by atoms with Gasteiger partial charge in [0.25, 0.3) is 5.91 Å². The molecular weight excluding hydrogens is 327 g/mol. The van der Waals surface area contributed by atoms with Gasteiger partial charge in [0.1, 0.15) is 5.69 Å². The SMILES string of the molecule is O=C(O)[C@@H]1CN(C(=O)c2ccnn2C2CCCC2)C[C@H]1C(F)(F)F. The fraction of sp³-hybridized carbons (Fsp3) is 0.667. The van der Waals surface area contributed by atoms with Crippen molar-refractivity contribution in [2.45, 2.75) is 37.9 Å². The first-order valence-electron chi connectivity index (χ1n) is 7.91. The first kappa shape index (κ1) is 16.8. The summed E-state index contributed by atoms with van der Waals surface area (Å²) in [5.74, 6) is -5.78. The third kappa shape index (κ3) is 2.99. The zero-order valence-electron chi connectivity index (χ0n) is 12.9. The molecule has 2 fully saturated rings. The van der Waals surface area contributed by atoms with E-state index >= 15 is 0 Å². The fourth-order valence-corrected chi connectivity index (χ4v) is 3.64. The first-order chi connectivity index (χ1) is 11.3. The molecule has 1 aliphatic carbocycles. The number of hydrogen-bond acceptors (Lipinski definition) is 3. The molecule has 1 saturated carbocycles. The van der Waals surface area contributed by atoms with E-state index in [0.717, 1.165) is 30.6 Å². The van der Waals surface area contributed by atoms with E-state index in [4.69, 9.17) is 5.11 Å². The van der Waals surface area contributed by atoms with E-state index in [1.54, 1.807) is 4.68 Å². The Kier molecular flexibility index (Phi) is 4.27. The number of halogens is 3. The second kappa shape index (κ2) is 6.10. The van der Waals surface area contributed by atoms with Gasteiger partial charge >= 0.3 is 12.1 Å². The van der Waals surface area contributed by atoms with E-state index in [1.165, 1.54) is 12.3 Å². The summed E-state index contributed by atoms with van der Waals surface area (Å²) < 4.78 is 40.7. The molecule has 0 radical (unpaired) electrons. The van der Waals surface area contributed by atoms with Gasteiger partial charge in [-0.3, -0.25) is 14.3 Å². The number of carboxylic acids is 1. The largest absolute Gasteiger partial charge is 0.481 e. The van der Waals surface area contributed by atoms with Gasteiger partial charge in [0.2, 0.25) is 0 Å². The molecule has 0 unspecified atom stereocenters. The fourth-order valence-electron chi connectivity index (χ4n) is 3.64. The topological polar surface area (TPSA) is 75.4 Å². The molecule has 1 aromatic rings. The van der Waals surface area contributed by atoms with Gasteiger partial charge in [-0.15, -0.1) is 0 Å². The summed E-state index contributed by atoms with van der Waals surface area (Å²) >= 11 is 0. The molecule has 24 heavy (non-hydrogen) atoms. The maximum atomic E-state index is 13.1. The summed E-state index contributed by atoms with van der Waals surface area (Å²) in [6.07, 6.45) is 0.620. The van der Waals surface area contributed by atoms with Gasteiger partial charge in [0.05, 0.1) is 17.9 Å². The average molecular weight is 345 g/mol. The van der Waals surface area contributed by atoms with Crippen LogP contribution in [0.4, 0.5) is 13.2 Å². The van der Waals surface area contributed by atoms with E-state index in [9.17, 15) is 22.8 Å². The number of carbonyl (C=O) groups excluding carboxylic acids is 1. The Bertz CT molecular complexity index is 637. The molecule has 0 bridgehead atoms. The monoisotopic (exact) mass is 345 g/mol. The van der Waals surface area contributed by atoms with Crippen molar-refractivity contribution in [2.75, 3.05) is 13.1 Å². The highest BCUT2D eigenvalue weighted by Gasteiger charge is 2.53. The highest BCUT2D eigenvalue weighted by atomic mass is 19.4. The van der Waals surface area contributed by atoms with E-state index < -0.39 is 43.0 Å². The van der Waals surface area contributed by atoms with Crippen molar-refractivity contribution in [1.82, 2.24) is 14.7 Å². The van der Waals surface area contributed by atoms with Crippen molar-refractivity contribution in [3.8, 4) is 0 Å². The van der Waals surface area contributed by atoms with Crippen LogP contribution in [-0.2, 0) is 4.79 Å². The molecule has 9 heteroatoms. The predicted octanol–water partition coefficient (Wildman–Crippen LogP) is 2.33. The lowest BCUT2D eigenvalue weighted by molar-refractivity contribution is -0.187. The molecular formula is C15H18F3N3O3. The number of aromatic nitrogens is 2. The van der Waals surface area contributed by atoms with E-state index in [2.05, 4.69) is 5.10 Å². The van der Waals surface area contributed by atoms with Crippen molar-refractivity contribution in [3.05, 3.63) is 18.0 Å². The molecule has 2 heterocycles. The lowest BCUT2D eigenvalue weighted by atomic mass is 9.96. The van der Waals surface area contributed by atoms with Gasteiger partial charge in [-0.05, 0) is 18.9 Å². The summed E-state index contributed by atoms with van der Waals surface area (Å²) in [5.41, 5.74) is 0.230. The normalized spacial score (nSPS) is 25.4. The lowest BCUT2D eigenvalue weighted by Gasteiger charge is -2.20. The number of nitrogens with zero attached hydrogens (tertiary/aromatic N) is 3. The third-order valence-corrected chi connectivity index (χ3v) is 4.90. The number of amides is 1. The molecule has 132 valence electrons. The summed E-state index contributed by atoms with van der Waals surface area (Å²) in [6.45, 7) is -1.07. The van der Waals surface area contributed by atoms with Gasteiger partial charge in [-0.2, -0.15) is 18.3 Å². The first-order valence-corrected chi connectivity index (χ1v) is 7.91. The average Bonchev–Trinajstić information content (AvgIpc) is 3.23. The number of hydrogen-bond donors (Lipinski definition) is 1. The Balaban J connectivity index is 1.81. The van der Waals surface area contributed by atoms with Crippen molar-refractivity contribution in [2.24, 2.45) is 11.8 Å². The molecule has 1 saturated heterocycles. The standard InChI is InChI=1S/C15H18F3N3O3/c16-15(17,18)11-8-20(7-10(11)14(23)24)13(22)12-5-6-19-21(12)9-3-1-2-4-9/h5-6,9-11H,1-4,7-8H2,(H,23,24)/t10-,11-/m1/s1. The minimum Gasteiger partial charge on any atom is -0.481 e. The summed E-state index contributed by atoms with van der Waals surface area (Å²) in [6, 6.07) is 1.56. The smallest absolute Gasteiger partial charge is 0.394 e. The number of carbonyl (C=O) groups is 2. The van der Waals surface area contributed by atoms with Gasteiger partial charge in [-0.1, -0.05) is 12.8 Å². The molecule has 3 rings (SSSR count). The molecule has 1 N–H and O–H groups in total. The lowest BCUT2D eigenvalue weighted by Crippen LogP contribution is -2.34. The van der Waals surface area contributed by atoms with Crippen molar-refractivity contribution < 1.29 is 27.9 Å². The molecule has 2 atom stereocenters. The van der Waals surface area contributed by atoms with Crippen LogP contribution in [0.1, 0.15) is 42.2 Å². The van der Waals surface area contributed by atoms with Crippen LogP contribution in [0.3, 0.4) is 0 Å². The quantitative estimate of drug-likeness (QED) is 0.912. The maximum Gasteiger partial charge on any atom is 0.394 e. The van der Waals surface area contributed by atoms with Gasteiger partial charge in [-0.25, -0.2) is 0 Å². The second-order valence-corrected chi connectivity index (χ2v) is 6.40. The maximum absolute atomic E-state index is 13.1. The molecule has 1 aromatic heterocycles. The Morgan fingerprint density at radius 1 is 1.21 bits per heavy atom. The molecule has 0 aromatic carbocycles. The molecule has 1 amide bonds.